The number of nitrogens with zero attached hydrogens (tertiary/aromatic N) is 2. The van der Waals surface area contributed by atoms with E-state index in [0.29, 0.717) is 16.7 Å². The largest absolute Gasteiger partial charge is 0.365 e. The lowest BCUT2D eigenvalue weighted by atomic mass is 10.1. The zero-order valence-electron chi connectivity index (χ0n) is 14.6. The van der Waals surface area contributed by atoms with Crippen LogP contribution in [0.1, 0.15) is 55.9 Å². The van der Waals surface area contributed by atoms with Gasteiger partial charge < -0.3 is 5.32 Å². The molecule has 2 N–H and O–H groups in total. The van der Waals surface area contributed by atoms with Crippen molar-refractivity contribution in [2.45, 2.75) is 50.3 Å². The third-order valence-electron chi connectivity index (χ3n) is 3.49. The molecule has 6 nitrogen and oxygen atoms in total. The van der Waals surface area contributed by atoms with E-state index in [4.69, 9.17) is 0 Å². The van der Waals surface area contributed by atoms with Gasteiger partial charge in [-0.15, -0.1) is 11.3 Å². The molecule has 0 aliphatic rings. The van der Waals surface area contributed by atoms with Gasteiger partial charge in [0.1, 0.15) is 15.9 Å². The van der Waals surface area contributed by atoms with Crippen LogP contribution >= 0.6 is 11.3 Å². The highest BCUT2D eigenvalue weighted by atomic mass is 32.2. The summed E-state index contributed by atoms with van der Waals surface area (Å²) in [6.45, 7) is 8.86. The molecule has 0 saturated heterocycles. The number of anilines is 1. The number of thiophene rings is 1. The standard InChI is InChI=1S/C16H24N4O2S2/c1-10(2)13-8-14(20-16(19-13)11(3)4)18-9-12-6-7-15(23-12)24(21,22)17-5/h6-8,10-11,17H,9H2,1-5H3,(H,18,19,20). The highest BCUT2D eigenvalue weighted by Gasteiger charge is 2.15. The van der Waals surface area contributed by atoms with Gasteiger partial charge in [0.05, 0.1) is 6.54 Å². The van der Waals surface area contributed by atoms with Crippen molar-refractivity contribution >= 4 is 27.2 Å². The maximum Gasteiger partial charge on any atom is 0.249 e. The second-order valence-electron chi connectivity index (χ2n) is 6.13. The molecule has 8 heteroatoms. The molecule has 0 saturated carbocycles. The fraction of sp³-hybridized carbons (Fsp3) is 0.500. The molecule has 0 unspecified atom stereocenters. The van der Waals surface area contributed by atoms with Crippen molar-refractivity contribution in [3.05, 3.63) is 34.6 Å². The monoisotopic (exact) mass is 368 g/mol. The van der Waals surface area contributed by atoms with Gasteiger partial charge in [-0.1, -0.05) is 27.7 Å². The Kier molecular flexibility index (Phi) is 5.95. The molecule has 0 aliphatic heterocycles. The van der Waals surface area contributed by atoms with Gasteiger partial charge >= 0.3 is 0 Å². The first-order valence-corrected chi connectivity index (χ1v) is 10.2. The zero-order valence-corrected chi connectivity index (χ0v) is 16.3. The zero-order chi connectivity index (χ0) is 17.9. The Morgan fingerprint density at radius 1 is 1.12 bits per heavy atom. The molecule has 0 bridgehead atoms. The highest BCUT2D eigenvalue weighted by molar-refractivity contribution is 7.91. The lowest BCUT2D eigenvalue weighted by molar-refractivity contribution is 0.590. The van der Waals surface area contributed by atoms with Crippen molar-refractivity contribution in [1.29, 1.82) is 0 Å². The topological polar surface area (TPSA) is 84.0 Å². The van der Waals surface area contributed by atoms with Crippen LogP contribution in [0.5, 0.6) is 0 Å². The van der Waals surface area contributed by atoms with E-state index in [1.165, 1.54) is 18.4 Å². The summed E-state index contributed by atoms with van der Waals surface area (Å²) >= 11 is 1.25. The fourth-order valence-electron chi connectivity index (χ4n) is 2.01. The van der Waals surface area contributed by atoms with E-state index >= 15 is 0 Å². The lowest BCUT2D eigenvalue weighted by Gasteiger charge is -2.13. The summed E-state index contributed by atoms with van der Waals surface area (Å²) in [6, 6.07) is 5.39. The van der Waals surface area contributed by atoms with E-state index in [9.17, 15) is 8.42 Å². The Morgan fingerprint density at radius 2 is 1.83 bits per heavy atom. The molecule has 2 aromatic heterocycles. The van der Waals surface area contributed by atoms with E-state index < -0.39 is 10.0 Å². The maximum atomic E-state index is 11.8. The van der Waals surface area contributed by atoms with Crippen LogP contribution in [0.4, 0.5) is 5.82 Å². The van der Waals surface area contributed by atoms with Gasteiger partial charge in [-0.2, -0.15) is 0 Å². The molecule has 0 aliphatic carbocycles. The molecular formula is C16H24N4O2S2. The van der Waals surface area contributed by atoms with Crippen molar-refractivity contribution in [2.75, 3.05) is 12.4 Å². The normalized spacial score (nSPS) is 12.1. The van der Waals surface area contributed by atoms with E-state index in [-0.39, 0.29) is 5.92 Å². The summed E-state index contributed by atoms with van der Waals surface area (Å²) < 4.78 is 26.2. The Morgan fingerprint density at radius 3 is 2.42 bits per heavy atom. The van der Waals surface area contributed by atoms with Crippen LogP contribution in [0.3, 0.4) is 0 Å². The summed E-state index contributed by atoms with van der Waals surface area (Å²) in [6.07, 6.45) is 0. The molecule has 2 rings (SSSR count). The van der Waals surface area contributed by atoms with Gasteiger partial charge in [0.2, 0.25) is 10.0 Å². The van der Waals surface area contributed by atoms with Crippen molar-refractivity contribution in [2.24, 2.45) is 0 Å². The highest BCUT2D eigenvalue weighted by Crippen LogP contribution is 2.23. The second-order valence-corrected chi connectivity index (χ2v) is 9.41. The van der Waals surface area contributed by atoms with Crippen molar-refractivity contribution < 1.29 is 8.42 Å². The second kappa shape index (κ2) is 7.58. The van der Waals surface area contributed by atoms with Crippen molar-refractivity contribution in [3.63, 3.8) is 0 Å². The molecular weight excluding hydrogens is 344 g/mol. The van der Waals surface area contributed by atoms with Crippen LogP contribution in [0.2, 0.25) is 0 Å². The van der Waals surface area contributed by atoms with Crippen LogP contribution in [-0.2, 0) is 16.6 Å². The number of rotatable bonds is 7. The van der Waals surface area contributed by atoms with Crippen LogP contribution in [0, 0.1) is 0 Å². The predicted molar refractivity (Wildman–Crippen MR) is 98.1 cm³/mol. The Bertz CT molecular complexity index is 772. The van der Waals surface area contributed by atoms with Gasteiger partial charge in [-0.25, -0.2) is 23.1 Å². The van der Waals surface area contributed by atoms with E-state index in [0.717, 1.165) is 22.2 Å². The summed E-state index contributed by atoms with van der Waals surface area (Å²) in [5, 5.41) is 3.28. The molecule has 2 heterocycles. The summed E-state index contributed by atoms with van der Waals surface area (Å²) in [7, 11) is -1.97. The van der Waals surface area contributed by atoms with Crippen molar-refractivity contribution in [3.8, 4) is 0 Å². The SMILES string of the molecule is CNS(=O)(=O)c1ccc(CNc2cc(C(C)C)nc(C(C)C)n2)s1. The van der Waals surface area contributed by atoms with Crippen LogP contribution in [0.25, 0.3) is 0 Å². The fourth-order valence-corrected chi connectivity index (χ4v) is 4.14. The molecule has 0 aromatic carbocycles. The molecule has 132 valence electrons. The summed E-state index contributed by atoms with van der Waals surface area (Å²) in [5.41, 5.74) is 1.00. The van der Waals surface area contributed by atoms with Crippen LogP contribution in [0.15, 0.2) is 22.4 Å². The predicted octanol–water partition coefficient (Wildman–Crippen LogP) is 3.31. The van der Waals surface area contributed by atoms with Crippen molar-refractivity contribution in [1.82, 2.24) is 14.7 Å². The van der Waals surface area contributed by atoms with E-state index in [1.807, 2.05) is 12.1 Å². The molecule has 0 atom stereocenters. The van der Waals surface area contributed by atoms with Gasteiger partial charge in [0, 0.05) is 22.6 Å². The Hall–Kier alpha value is -1.51. The van der Waals surface area contributed by atoms with E-state index in [1.54, 1.807) is 6.07 Å². The number of nitrogens with one attached hydrogen (secondary N) is 2. The first-order valence-electron chi connectivity index (χ1n) is 7.88. The number of hydrogen-bond acceptors (Lipinski definition) is 6. The van der Waals surface area contributed by atoms with Gasteiger partial charge in [-0.05, 0) is 25.1 Å². The molecule has 24 heavy (non-hydrogen) atoms. The Labute approximate surface area is 147 Å². The third-order valence-corrected chi connectivity index (χ3v) is 6.48. The Balaban J connectivity index is 2.17. The number of sulfonamides is 1. The molecule has 0 spiro atoms. The van der Waals surface area contributed by atoms with Gasteiger partial charge in [-0.3, -0.25) is 0 Å². The molecule has 2 aromatic rings. The third kappa shape index (κ3) is 4.52. The minimum absolute atomic E-state index is 0.248. The molecule has 0 radical (unpaired) electrons. The summed E-state index contributed by atoms with van der Waals surface area (Å²) in [4.78, 5) is 10.1. The maximum absolute atomic E-state index is 11.8. The van der Waals surface area contributed by atoms with Crippen LogP contribution in [-0.4, -0.2) is 25.4 Å². The lowest BCUT2D eigenvalue weighted by Crippen LogP contribution is -2.17. The quantitative estimate of drug-likeness (QED) is 0.783. The number of aromatic nitrogens is 2. The van der Waals surface area contributed by atoms with Crippen LogP contribution < -0.4 is 10.0 Å². The molecule has 0 amide bonds. The smallest absolute Gasteiger partial charge is 0.249 e. The number of hydrogen-bond donors (Lipinski definition) is 2. The minimum atomic E-state index is -3.38. The van der Waals surface area contributed by atoms with E-state index in [2.05, 4.69) is 47.7 Å². The average molecular weight is 369 g/mol. The van der Waals surface area contributed by atoms with Gasteiger partial charge in [0.15, 0.2) is 0 Å². The average Bonchev–Trinajstić information content (AvgIpc) is 3.02. The summed E-state index contributed by atoms with van der Waals surface area (Å²) in [5.74, 6) is 2.15. The minimum Gasteiger partial charge on any atom is -0.365 e. The van der Waals surface area contributed by atoms with Gasteiger partial charge in [0.25, 0.3) is 0 Å². The first kappa shape index (κ1) is 18.8. The molecule has 0 fully saturated rings. The first-order chi connectivity index (χ1) is 11.2.